The monoisotopic (exact) mass is 351 g/mol. The van der Waals surface area contributed by atoms with Crippen LogP contribution in [-0.4, -0.2) is 47.7 Å². The Kier molecular flexibility index (Phi) is 4.71. The highest BCUT2D eigenvalue weighted by Gasteiger charge is 2.17. The number of hydrogen-bond acceptors (Lipinski definition) is 4. The molecule has 0 atom stereocenters. The van der Waals surface area contributed by atoms with Crippen molar-refractivity contribution < 1.29 is 9.50 Å². The molecule has 0 bridgehead atoms. The molecule has 0 aliphatic carbocycles. The number of aromatic hydroxyl groups is 1. The molecule has 0 spiro atoms. The summed E-state index contributed by atoms with van der Waals surface area (Å²) < 4.78 is 13.1. The number of nitrogens with zero attached hydrogens (tertiary/aromatic N) is 3. The average Bonchev–Trinajstić information content (AvgIpc) is 2.69. The zero-order valence-electron chi connectivity index (χ0n) is 14.6. The lowest BCUT2D eigenvalue weighted by Gasteiger charge is -2.36. The number of pyridine rings is 1. The van der Waals surface area contributed by atoms with E-state index >= 15 is 0 Å². The molecule has 26 heavy (non-hydrogen) atoms. The quantitative estimate of drug-likeness (QED) is 0.782. The summed E-state index contributed by atoms with van der Waals surface area (Å²) in [6.07, 6.45) is 2.64. The van der Waals surface area contributed by atoms with Crippen LogP contribution in [0.15, 0.2) is 54.7 Å². The van der Waals surface area contributed by atoms with Gasteiger partial charge in [-0.3, -0.25) is 9.88 Å². The average molecular weight is 351 g/mol. The van der Waals surface area contributed by atoms with Gasteiger partial charge in [-0.1, -0.05) is 12.1 Å². The molecule has 0 amide bonds. The first-order valence-electron chi connectivity index (χ1n) is 8.99. The second-order valence-electron chi connectivity index (χ2n) is 6.70. The summed E-state index contributed by atoms with van der Waals surface area (Å²) in [5.74, 6) is 0.0419. The van der Waals surface area contributed by atoms with Gasteiger partial charge in [-0.05, 0) is 48.4 Å². The predicted molar refractivity (Wildman–Crippen MR) is 102 cm³/mol. The summed E-state index contributed by atoms with van der Waals surface area (Å²) in [4.78, 5) is 9.04. The summed E-state index contributed by atoms with van der Waals surface area (Å²) in [5.41, 5.74) is 2.97. The third kappa shape index (κ3) is 3.48. The van der Waals surface area contributed by atoms with Crippen LogP contribution in [0.5, 0.6) is 5.75 Å². The van der Waals surface area contributed by atoms with Crippen molar-refractivity contribution in [2.45, 2.75) is 6.42 Å². The lowest BCUT2D eigenvalue weighted by atomic mass is 10.0. The number of fused-ring (bicyclic) bond motifs is 1. The van der Waals surface area contributed by atoms with Crippen LogP contribution in [0.4, 0.5) is 10.1 Å². The molecule has 0 radical (unpaired) electrons. The van der Waals surface area contributed by atoms with Crippen molar-refractivity contribution in [2.24, 2.45) is 0 Å². The fraction of sp³-hybridized carbons (Fsp3) is 0.286. The Balaban J connectivity index is 1.37. The van der Waals surface area contributed by atoms with Crippen molar-refractivity contribution in [3.05, 3.63) is 66.1 Å². The second-order valence-corrected chi connectivity index (χ2v) is 6.70. The Bertz CT molecular complexity index is 889. The molecule has 4 rings (SSSR count). The molecule has 1 saturated heterocycles. The molecule has 134 valence electrons. The topological polar surface area (TPSA) is 39.6 Å². The summed E-state index contributed by atoms with van der Waals surface area (Å²) in [5, 5.41) is 11.0. The molecule has 1 aliphatic rings. The van der Waals surface area contributed by atoms with Crippen molar-refractivity contribution in [2.75, 3.05) is 37.6 Å². The van der Waals surface area contributed by atoms with Gasteiger partial charge in [-0.25, -0.2) is 4.39 Å². The molecule has 4 nitrogen and oxygen atoms in total. The van der Waals surface area contributed by atoms with Crippen LogP contribution in [0.25, 0.3) is 10.9 Å². The van der Waals surface area contributed by atoms with Gasteiger partial charge in [0.25, 0.3) is 0 Å². The molecule has 1 aromatic heterocycles. The number of benzene rings is 2. The van der Waals surface area contributed by atoms with E-state index in [1.807, 2.05) is 30.3 Å². The highest BCUT2D eigenvalue weighted by molar-refractivity contribution is 5.87. The van der Waals surface area contributed by atoms with Gasteiger partial charge in [0.15, 0.2) is 0 Å². The van der Waals surface area contributed by atoms with E-state index in [-0.39, 0.29) is 11.6 Å². The van der Waals surface area contributed by atoms with E-state index in [4.69, 9.17) is 0 Å². The maximum Gasteiger partial charge on any atom is 0.141 e. The molecule has 2 aromatic carbocycles. The molecule has 1 aliphatic heterocycles. The first-order chi connectivity index (χ1) is 12.7. The number of anilines is 1. The summed E-state index contributed by atoms with van der Waals surface area (Å²) in [6, 6.07) is 14.4. The fourth-order valence-corrected chi connectivity index (χ4v) is 3.59. The maximum atomic E-state index is 13.1. The van der Waals surface area contributed by atoms with Gasteiger partial charge in [0.05, 0.1) is 0 Å². The minimum Gasteiger partial charge on any atom is -0.506 e. The van der Waals surface area contributed by atoms with Crippen LogP contribution in [0.1, 0.15) is 5.56 Å². The van der Waals surface area contributed by atoms with Crippen LogP contribution >= 0.6 is 0 Å². The van der Waals surface area contributed by atoms with Crippen molar-refractivity contribution in [3.63, 3.8) is 0 Å². The van der Waals surface area contributed by atoms with Gasteiger partial charge in [-0.15, -0.1) is 0 Å². The number of rotatable bonds is 4. The number of halogens is 1. The first kappa shape index (κ1) is 16.8. The largest absolute Gasteiger partial charge is 0.506 e. The van der Waals surface area contributed by atoms with Crippen molar-refractivity contribution in [1.29, 1.82) is 0 Å². The lowest BCUT2D eigenvalue weighted by molar-refractivity contribution is 0.261. The smallest absolute Gasteiger partial charge is 0.141 e. The molecule has 0 unspecified atom stereocenters. The van der Waals surface area contributed by atoms with Crippen LogP contribution in [-0.2, 0) is 6.42 Å². The third-order valence-corrected chi connectivity index (χ3v) is 5.10. The van der Waals surface area contributed by atoms with E-state index < -0.39 is 0 Å². The molecule has 1 fully saturated rings. The molecule has 5 heteroatoms. The van der Waals surface area contributed by atoms with Crippen LogP contribution in [0.2, 0.25) is 0 Å². The highest BCUT2D eigenvalue weighted by atomic mass is 19.1. The minimum absolute atomic E-state index is 0.192. The number of hydrogen-bond donors (Lipinski definition) is 1. The van der Waals surface area contributed by atoms with Gasteiger partial charge < -0.3 is 10.0 Å². The normalized spacial score (nSPS) is 15.5. The van der Waals surface area contributed by atoms with Gasteiger partial charge in [-0.2, -0.15) is 0 Å². The van der Waals surface area contributed by atoms with E-state index in [9.17, 15) is 9.50 Å². The number of aromatic nitrogens is 1. The summed E-state index contributed by atoms with van der Waals surface area (Å²) >= 11 is 0. The Labute approximate surface area is 152 Å². The van der Waals surface area contributed by atoms with E-state index in [0.29, 0.717) is 5.52 Å². The van der Waals surface area contributed by atoms with Crippen LogP contribution < -0.4 is 4.90 Å². The van der Waals surface area contributed by atoms with E-state index in [1.54, 1.807) is 12.3 Å². The number of phenols is 1. The fourth-order valence-electron chi connectivity index (χ4n) is 3.59. The van der Waals surface area contributed by atoms with Gasteiger partial charge >= 0.3 is 0 Å². The van der Waals surface area contributed by atoms with Crippen LogP contribution in [0.3, 0.4) is 0 Å². The second kappa shape index (κ2) is 7.30. The number of phenolic OH excluding ortho intramolecular Hbond substituents is 1. The maximum absolute atomic E-state index is 13.1. The standard InChI is InChI=1S/C21H22FN3O/c22-17-4-6-18(7-5-17)25-14-12-24(13-15-25)11-9-16-3-8-20(26)21-19(16)2-1-10-23-21/h1-8,10,26H,9,11-15H2. The van der Waals surface area contributed by atoms with E-state index in [0.717, 1.165) is 50.2 Å². The third-order valence-electron chi connectivity index (χ3n) is 5.10. The van der Waals surface area contributed by atoms with E-state index in [1.165, 1.54) is 17.7 Å². The molecular weight excluding hydrogens is 329 g/mol. The molecular formula is C21H22FN3O. The molecule has 0 saturated carbocycles. The molecule has 2 heterocycles. The SMILES string of the molecule is Oc1ccc(CCN2CCN(c3ccc(F)cc3)CC2)c2cccnc12. The highest BCUT2D eigenvalue weighted by Crippen LogP contribution is 2.26. The Morgan fingerprint density at radius 3 is 2.50 bits per heavy atom. The van der Waals surface area contributed by atoms with Crippen molar-refractivity contribution >= 4 is 16.6 Å². The molecule has 1 N–H and O–H groups in total. The summed E-state index contributed by atoms with van der Waals surface area (Å²) in [6.45, 7) is 4.86. The zero-order chi connectivity index (χ0) is 17.9. The number of piperazine rings is 1. The van der Waals surface area contributed by atoms with Gasteiger partial charge in [0, 0.05) is 50.0 Å². The lowest BCUT2D eigenvalue weighted by Crippen LogP contribution is -2.47. The first-order valence-corrected chi connectivity index (χ1v) is 8.99. The Hall–Kier alpha value is -2.66. The Morgan fingerprint density at radius 2 is 1.73 bits per heavy atom. The van der Waals surface area contributed by atoms with Gasteiger partial charge in [0.2, 0.25) is 0 Å². The summed E-state index contributed by atoms with van der Waals surface area (Å²) in [7, 11) is 0. The molecule has 3 aromatic rings. The van der Waals surface area contributed by atoms with Crippen molar-refractivity contribution in [3.8, 4) is 5.75 Å². The van der Waals surface area contributed by atoms with Crippen molar-refractivity contribution in [1.82, 2.24) is 9.88 Å². The predicted octanol–water partition coefficient (Wildman–Crippen LogP) is 3.44. The Morgan fingerprint density at radius 1 is 0.962 bits per heavy atom. The zero-order valence-corrected chi connectivity index (χ0v) is 14.6. The van der Waals surface area contributed by atoms with E-state index in [2.05, 4.69) is 14.8 Å². The van der Waals surface area contributed by atoms with Gasteiger partial charge in [0.1, 0.15) is 17.1 Å². The van der Waals surface area contributed by atoms with Crippen LogP contribution in [0, 0.1) is 5.82 Å². The minimum atomic E-state index is -0.192.